The highest BCUT2D eigenvalue weighted by atomic mass is 16.5. The summed E-state index contributed by atoms with van der Waals surface area (Å²) in [4.78, 5) is 19.2. The van der Waals surface area contributed by atoms with Gasteiger partial charge in [0.05, 0.1) is 17.8 Å². The van der Waals surface area contributed by atoms with E-state index in [9.17, 15) is 4.79 Å². The quantitative estimate of drug-likeness (QED) is 0.918. The number of ether oxygens (including phenoxy) is 1. The molecule has 5 heteroatoms. The first kappa shape index (κ1) is 15.1. The van der Waals surface area contributed by atoms with Gasteiger partial charge in [-0.1, -0.05) is 6.07 Å². The van der Waals surface area contributed by atoms with Gasteiger partial charge in [0.1, 0.15) is 0 Å². The van der Waals surface area contributed by atoms with E-state index in [1.54, 1.807) is 0 Å². The molecular formula is C18H25N3O2. The van der Waals surface area contributed by atoms with Crippen molar-refractivity contribution in [1.82, 2.24) is 15.2 Å². The number of hydrogen-bond donors (Lipinski definition) is 1. The van der Waals surface area contributed by atoms with Crippen LogP contribution in [0.15, 0.2) is 18.2 Å². The fraction of sp³-hybridized carbons (Fsp3) is 0.667. The minimum Gasteiger partial charge on any atom is -0.374 e. The molecule has 3 aliphatic rings. The molecule has 0 unspecified atom stereocenters. The lowest BCUT2D eigenvalue weighted by atomic mass is 10.0. The van der Waals surface area contributed by atoms with Crippen molar-refractivity contribution < 1.29 is 9.53 Å². The van der Waals surface area contributed by atoms with E-state index in [0.29, 0.717) is 6.04 Å². The predicted octanol–water partition coefficient (Wildman–Crippen LogP) is 1.65. The van der Waals surface area contributed by atoms with Crippen molar-refractivity contribution in [2.45, 2.75) is 57.3 Å². The second kappa shape index (κ2) is 6.21. The number of rotatable bonds is 4. The molecule has 1 amide bonds. The summed E-state index contributed by atoms with van der Waals surface area (Å²) in [5, 5.41) is 3.24. The van der Waals surface area contributed by atoms with E-state index in [2.05, 4.69) is 27.3 Å². The van der Waals surface area contributed by atoms with Crippen molar-refractivity contribution in [3.63, 3.8) is 0 Å². The van der Waals surface area contributed by atoms with Gasteiger partial charge in [0.15, 0.2) is 0 Å². The fourth-order valence-electron chi connectivity index (χ4n) is 3.91. The number of carbonyl (C=O) groups is 1. The van der Waals surface area contributed by atoms with Crippen LogP contribution in [0.25, 0.3) is 0 Å². The Balaban J connectivity index is 1.47. The van der Waals surface area contributed by atoms with Crippen molar-refractivity contribution in [3.05, 3.63) is 29.6 Å². The number of amides is 1. The Morgan fingerprint density at radius 2 is 2.26 bits per heavy atom. The normalized spacial score (nSPS) is 30.9. The van der Waals surface area contributed by atoms with E-state index >= 15 is 0 Å². The van der Waals surface area contributed by atoms with E-state index in [1.807, 2.05) is 13.0 Å². The van der Waals surface area contributed by atoms with Crippen LogP contribution in [0.3, 0.4) is 0 Å². The Hall–Kier alpha value is -1.46. The monoisotopic (exact) mass is 315 g/mol. The molecule has 3 heterocycles. The van der Waals surface area contributed by atoms with Gasteiger partial charge in [-0.2, -0.15) is 0 Å². The van der Waals surface area contributed by atoms with Gasteiger partial charge in [-0.3, -0.25) is 14.7 Å². The van der Waals surface area contributed by atoms with Gasteiger partial charge in [-0.05, 0) is 44.7 Å². The fourth-order valence-corrected chi connectivity index (χ4v) is 3.91. The van der Waals surface area contributed by atoms with Crippen LogP contribution in [0, 0.1) is 12.8 Å². The van der Waals surface area contributed by atoms with Crippen LogP contribution < -0.4 is 5.32 Å². The molecule has 3 atom stereocenters. The molecule has 2 aliphatic heterocycles. The van der Waals surface area contributed by atoms with Crippen LogP contribution in [0.5, 0.6) is 0 Å². The number of likely N-dealkylation sites (tertiary alicyclic amines) is 1. The third-order valence-electron chi connectivity index (χ3n) is 5.22. The first-order chi connectivity index (χ1) is 11.2. The molecule has 1 aromatic heterocycles. The molecule has 3 fully saturated rings. The number of nitrogens with one attached hydrogen (secondary N) is 1. The molecule has 1 aliphatic carbocycles. The minimum atomic E-state index is 0.123. The summed E-state index contributed by atoms with van der Waals surface area (Å²) in [6.07, 6.45) is 4.47. The zero-order valence-corrected chi connectivity index (χ0v) is 13.7. The van der Waals surface area contributed by atoms with Crippen molar-refractivity contribution in [3.8, 4) is 0 Å². The zero-order chi connectivity index (χ0) is 15.8. The molecule has 0 radical (unpaired) electrons. The van der Waals surface area contributed by atoms with E-state index in [4.69, 9.17) is 4.74 Å². The van der Waals surface area contributed by atoms with Crippen molar-refractivity contribution in [2.75, 3.05) is 13.2 Å². The molecule has 0 bridgehead atoms. The maximum atomic E-state index is 12.1. The average molecular weight is 315 g/mol. The van der Waals surface area contributed by atoms with Crippen LogP contribution in [-0.4, -0.2) is 47.1 Å². The van der Waals surface area contributed by atoms with E-state index < -0.39 is 0 Å². The van der Waals surface area contributed by atoms with Gasteiger partial charge in [0.25, 0.3) is 0 Å². The number of hydrogen-bond acceptors (Lipinski definition) is 4. The lowest BCUT2D eigenvalue weighted by Gasteiger charge is -2.32. The molecule has 1 aromatic rings. The maximum absolute atomic E-state index is 12.1. The number of aromatic nitrogens is 1. The van der Waals surface area contributed by atoms with Gasteiger partial charge < -0.3 is 10.1 Å². The summed E-state index contributed by atoms with van der Waals surface area (Å²) in [7, 11) is 0. The summed E-state index contributed by atoms with van der Waals surface area (Å²) in [5.74, 6) is 0.475. The number of fused-ring (bicyclic) bond motifs is 1. The van der Waals surface area contributed by atoms with E-state index in [0.717, 1.165) is 56.8 Å². The molecule has 2 saturated heterocycles. The second-order valence-corrected chi connectivity index (χ2v) is 7.13. The highest BCUT2D eigenvalue weighted by Gasteiger charge is 2.45. The Morgan fingerprint density at radius 3 is 3.04 bits per heavy atom. The van der Waals surface area contributed by atoms with Crippen molar-refractivity contribution in [2.24, 2.45) is 5.92 Å². The summed E-state index contributed by atoms with van der Waals surface area (Å²) < 4.78 is 6.03. The number of aryl methyl sites for hydroxylation is 1. The van der Waals surface area contributed by atoms with Gasteiger partial charge in [0, 0.05) is 37.4 Å². The van der Waals surface area contributed by atoms with Gasteiger partial charge in [0.2, 0.25) is 5.91 Å². The summed E-state index contributed by atoms with van der Waals surface area (Å²) in [6, 6.07) is 6.70. The van der Waals surface area contributed by atoms with Crippen molar-refractivity contribution in [1.29, 1.82) is 0 Å². The van der Waals surface area contributed by atoms with Crippen LogP contribution in [-0.2, 0) is 16.1 Å². The van der Waals surface area contributed by atoms with Crippen molar-refractivity contribution >= 4 is 5.91 Å². The summed E-state index contributed by atoms with van der Waals surface area (Å²) in [6.45, 7) is 4.54. The first-order valence-corrected chi connectivity index (χ1v) is 8.79. The van der Waals surface area contributed by atoms with Crippen LogP contribution in [0.1, 0.15) is 37.1 Å². The SMILES string of the molecule is Cc1cccc(CN2C[C@@H](NC(=O)C3CC3)[C@H]3OCCC[C@H]32)n1. The second-order valence-electron chi connectivity index (χ2n) is 7.13. The standard InChI is InChI=1S/C18H25N3O2/c1-12-4-2-5-14(19-12)10-21-11-15(20-18(22)13-7-8-13)17-16(21)6-3-9-23-17/h2,4-5,13,15-17H,3,6-11H2,1H3,(H,20,22)/t15-,16-,17-/m1/s1. The largest absolute Gasteiger partial charge is 0.374 e. The highest BCUT2D eigenvalue weighted by molar-refractivity contribution is 5.81. The third kappa shape index (κ3) is 3.26. The molecule has 4 rings (SSSR count). The smallest absolute Gasteiger partial charge is 0.223 e. The Morgan fingerprint density at radius 1 is 1.39 bits per heavy atom. The predicted molar refractivity (Wildman–Crippen MR) is 86.8 cm³/mol. The Bertz CT molecular complexity index is 587. The lowest BCUT2D eigenvalue weighted by molar-refractivity contribution is -0.124. The highest BCUT2D eigenvalue weighted by Crippen LogP contribution is 2.32. The Labute approximate surface area is 137 Å². The van der Waals surface area contributed by atoms with E-state index in [1.165, 1.54) is 0 Å². The molecule has 0 spiro atoms. The molecule has 1 saturated carbocycles. The maximum Gasteiger partial charge on any atom is 0.223 e. The molecular weight excluding hydrogens is 290 g/mol. The number of carbonyl (C=O) groups excluding carboxylic acids is 1. The third-order valence-corrected chi connectivity index (χ3v) is 5.22. The van der Waals surface area contributed by atoms with Gasteiger partial charge >= 0.3 is 0 Å². The molecule has 23 heavy (non-hydrogen) atoms. The zero-order valence-electron chi connectivity index (χ0n) is 13.7. The van der Waals surface area contributed by atoms with Gasteiger partial charge in [-0.15, -0.1) is 0 Å². The summed E-state index contributed by atoms with van der Waals surface area (Å²) >= 11 is 0. The molecule has 0 aromatic carbocycles. The molecule has 1 N–H and O–H groups in total. The van der Waals surface area contributed by atoms with Crippen LogP contribution in [0.4, 0.5) is 0 Å². The molecule has 5 nitrogen and oxygen atoms in total. The van der Waals surface area contributed by atoms with Crippen LogP contribution >= 0.6 is 0 Å². The molecule has 124 valence electrons. The topological polar surface area (TPSA) is 54.5 Å². The Kier molecular flexibility index (Phi) is 4.07. The summed E-state index contributed by atoms with van der Waals surface area (Å²) in [5.41, 5.74) is 2.15. The van der Waals surface area contributed by atoms with Gasteiger partial charge in [-0.25, -0.2) is 0 Å². The van der Waals surface area contributed by atoms with E-state index in [-0.39, 0.29) is 24.0 Å². The van der Waals surface area contributed by atoms with Crippen LogP contribution in [0.2, 0.25) is 0 Å². The minimum absolute atomic E-state index is 0.123. The number of pyridine rings is 1. The average Bonchev–Trinajstić information content (AvgIpc) is 3.34. The lowest BCUT2D eigenvalue weighted by Crippen LogP contribution is -2.48. The first-order valence-electron chi connectivity index (χ1n) is 8.79. The number of nitrogens with zero attached hydrogens (tertiary/aromatic N) is 2.